The maximum absolute atomic E-state index is 5.71. The lowest BCUT2D eigenvalue weighted by atomic mass is 9.75. The Bertz CT molecular complexity index is 444. The highest BCUT2D eigenvalue weighted by molar-refractivity contribution is 5.45. The summed E-state index contributed by atoms with van der Waals surface area (Å²) in [6.07, 6.45) is 1.21. The van der Waals surface area contributed by atoms with Gasteiger partial charge in [0.05, 0.1) is 0 Å². The molecule has 2 unspecified atom stereocenters. The van der Waals surface area contributed by atoms with Gasteiger partial charge in [0.15, 0.2) is 11.5 Å². The fraction of sp³-hybridized carbons (Fsp3) is 0.625. The summed E-state index contributed by atoms with van der Waals surface area (Å²) >= 11 is 0. The molecule has 0 aromatic heterocycles. The zero-order valence-corrected chi connectivity index (χ0v) is 11.8. The van der Waals surface area contributed by atoms with Gasteiger partial charge in [-0.25, -0.2) is 0 Å². The van der Waals surface area contributed by atoms with Gasteiger partial charge in [-0.2, -0.15) is 0 Å². The van der Waals surface area contributed by atoms with Crippen molar-refractivity contribution in [3.63, 3.8) is 0 Å². The van der Waals surface area contributed by atoms with Crippen LogP contribution in [0.5, 0.6) is 11.5 Å². The highest BCUT2D eigenvalue weighted by Gasteiger charge is 2.29. The number of hydrogen-bond donors (Lipinski definition) is 1. The van der Waals surface area contributed by atoms with Crippen LogP contribution in [0.15, 0.2) is 18.2 Å². The Morgan fingerprint density at radius 3 is 2.74 bits per heavy atom. The van der Waals surface area contributed by atoms with Gasteiger partial charge in [-0.05, 0) is 55.0 Å². The van der Waals surface area contributed by atoms with E-state index < -0.39 is 0 Å². The van der Waals surface area contributed by atoms with Gasteiger partial charge in [-0.1, -0.05) is 19.9 Å². The van der Waals surface area contributed by atoms with Crippen LogP contribution in [0.25, 0.3) is 0 Å². The van der Waals surface area contributed by atoms with E-state index in [0.29, 0.717) is 31.0 Å². The van der Waals surface area contributed by atoms with Gasteiger partial charge < -0.3 is 14.8 Å². The number of nitrogens with one attached hydrogen (secondary N) is 1. The molecule has 0 amide bonds. The number of hydrogen-bond acceptors (Lipinski definition) is 3. The predicted molar refractivity (Wildman–Crippen MR) is 76.0 cm³/mol. The lowest BCUT2D eigenvalue weighted by molar-refractivity contribution is 0.170. The third-order valence-corrected chi connectivity index (χ3v) is 4.38. The van der Waals surface area contributed by atoms with Gasteiger partial charge >= 0.3 is 0 Å². The molecule has 2 heterocycles. The quantitative estimate of drug-likeness (QED) is 0.888. The molecular weight excluding hydrogens is 238 g/mol. The van der Waals surface area contributed by atoms with E-state index in [-0.39, 0.29) is 0 Å². The molecular formula is C16H23NO2. The van der Waals surface area contributed by atoms with E-state index in [1.807, 2.05) is 0 Å². The molecule has 3 nitrogen and oxygen atoms in total. The molecule has 2 aliphatic rings. The molecule has 0 spiro atoms. The van der Waals surface area contributed by atoms with Crippen molar-refractivity contribution in [1.82, 2.24) is 5.32 Å². The molecule has 1 fully saturated rings. The molecule has 0 saturated carbocycles. The van der Waals surface area contributed by atoms with E-state index in [4.69, 9.17) is 9.47 Å². The van der Waals surface area contributed by atoms with Crippen LogP contribution in [-0.2, 0) is 0 Å². The Morgan fingerprint density at radius 2 is 1.95 bits per heavy atom. The average molecular weight is 261 g/mol. The Balaban J connectivity index is 1.87. The summed E-state index contributed by atoms with van der Waals surface area (Å²) in [5.41, 5.74) is 1.41. The van der Waals surface area contributed by atoms with Gasteiger partial charge in [0.2, 0.25) is 0 Å². The fourth-order valence-corrected chi connectivity index (χ4v) is 3.29. The summed E-state index contributed by atoms with van der Waals surface area (Å²) in [5.74, 6) is 3.86. The molecule has 3 heteroatoms. The third kappa shape index (κ3) is 2.57. The molecule has 1 aromatic carbocycles. The highest BCUT2D eigenvalue weighted by Crippen LogP contribution is 2.39. The second-order valence-electron chi connectivity index (χ2n) is 5.91. The molecule has 3 rings (SSSR count). The van der Waals surface area contributed by atoms with Crippen molar-refractivity contribution in [2.75, 3.05) is 26.3 Å². The van der Waals surface area contributed by atoms with Crippen LogP contribution >= 0.6 is 0 Å². The lowest BCUT2D eigenvalue weighted by Gasteiger charge is -2.35. The summed E-state index contributed by atoms with van der Waals surface area (Å²) in [6.45, 7) is 8.20. The Hall–Kier alpha value is -1.22. The minimum Gasteiger partial charge on any atom is -0.486 e. The average Bonchev–Trinajstić information content (AvgIpc) is 2.46. The normalized spacial score (nSPS) is 26.5. The molecule has 2 atom stereocenters. The fourth-order valence-electron chi connectivity index (χ4n) is 3.29. The van der Waals surface area contributed by atoms with Gasteiger partial charge in [0.25, 0.3) is 0 Å². The van der Waals surface area contributed by atoms with Crippen molar-refractivity contribution in [3.8, 4) is 11.5 Å². The third-order valence-electron chi connectivity index (χ3n) is 4.38. The zero-order chi connectivity index (χ0) is 13.2. The van der Waals surface area contributed by atoms with Crippen LogP contribution in [0.4, 0.5) is 0 Å². The van der Waals surface area contributed by atoms with Crippen molar-refractivity contribution < 1.29 is 9.47 Å². The number of rotatable bonds is 2. The van der Waals surface area contributed by atoms with Gasteiger partial charge in [0.1, 0.15) is 13.2 Å². The summed E-state index contributed by atoms with van der Waals surface area (Å²) in [4.78, 5) is 0. The Labute approximate surface area is 115 Å². The van der Waals surface area contributed by atoms with E-state index >= 15 is 0 Å². The molecule has 2 aliphatic heterocycles. The van der Waals surface area contributed by atoms with Crippen molar-refractivity contribution in [1.29, 1.82) is 0 Å². The summed E-state index contributed by atoms with van der Waals surface area (Å²) in [7, 11) is 0. The number of piperidine rings is 1. The van der Waals surface area contributed by atoms with Gasteiger partial charge in [-0.3, -0.25) is 0 Å². The summed E-state index contributed by atoms with van der Waals surface area (Å²) in [5, 5.41) is 3.52. The molecule has 1 saturated heterocycles. The van der Waals surface area contributed by atoms with Crippen molar-refractivity contribution in [2.24, 2.45) is 11.8 Å². The molecule has 1 aromatic rings. The summed E-state index contributed by atoms with van der Waals surface area (Å²) < 4.78 is 11.3. The molecule has 0 radical (unpaired) electrons. The summed E-state index contributed by atoms with van der Waals surface area (Å²) in [6, 6.07) is 6.49. The number of ether oxygens (including phenoxy) is 2. The number of benzene rings is 1. The first-order valence-corrected chi connectivity index (χ1v) is 7.36. The Kier molecular flexibility index (Phi) is 3.65. The van der Waals surface area contributed by atoms with Gasteiger partial charge in [0, 0.05) is 0 Å². The SMILES string of the molecule is CC(C)C1CNCCC1c1ccc2c(c1)OCCO2. The van der Waals surface area contributed by atoms with E-state index in [1.54, 1.807) is 0 Å². The highest BCUT2D eigenvalue weighted by atomic mass is 16.6. The largest absolute Gasteiger partial charge is 0.486 e. The zero-order valence-electron chi connectivity index (χ0n) is 11.8. The molecule has 0 bridgehead atoms. The van der Waals surface area contributed by atoms with Crippen LogP contribution in [0, 0.1) is 11.8 Å². The van der Waals surface area contributed by atoms with Crippen molar-refractivity contribution in [2.45, 2.75) is 26.2 Å². The minimum atomic E-state index is 0.636. The standard InChI is InChI=1S/C16H23NO2/c1-11(2)14-10-17-6-5-13(14)12-3-4-15-16(9-12)19-8-7-18-15/h3-4,9,11,13-14,17H,5-8,10H2,1-2H3. The minimum absolute atomic E-state index is 0.636. The predicted octanol–water partition coefficient (Wildman–Crippen LogP) is 2.81. The second-order valence-corrected chi connectivity index (χ2v) is 5.91. The second kappa shape index (κ2) is 5.41. The monoisotopic (exact) mass is 261 g/mol. The molecule has 0 aliphatic carbocycles. The number of fused-ring (bicyclic) bond motifs is 1. The van der Waals surface area contributed by atoms with Crippen LogP contribution in [0.2, 0.25) is 0 Å². The molecule has 1 N–H and O–H groups in total. The topological polar surface area (TPSA) is 30.5 Å². The van der Waals surface area contributed by atoms with Crippen LogP contribution in [0.1, 0.15) is 31.7 Å². The smallest absolute Gasteiger partial charge is 0.161 e. The van der Waals surface area contributed by atoms with E-state index in [2.05, 4.69) is 37.4 Å². The van der Waals surface area contributed by atoms with Gasteiger partial charge in [-0.15, -0.1) is 0 Å². The maximum atomic E-state index is 5.71. The Morgan fingerprint density at radius 1 is 1.16 bits per heavy atom. The first-order chi connectivity index (χ1) is 9.25. The van der Waals surface area contributed by atoms with E-state index in [0.717, 1.165) is 24.6 Å². The van der Waals surface area contributed by atoms with Crippen LogP contribution in [-0.4, -0.2) is 26.3 Å². The van der Waals surface area contributed by atoms with Crippen molar-refractivity contribution in [3.05, 3.63) is 23.8 Å². The van der Waals surface area contributed by atoms with Crippen molar-refractivity contribution >= 4 is 0 Å². The van der Waals surface area contributed by atoms with Crippen LogP contribution in [0.3, 0.4) is 0 Å². The first kappa shape index (κ1) is 12.8. The lowest BCUT2D eigenvalue weighted by Crippen LogP contribution is -2.38. The maximum Gasteiger partial charge on any atom is 0.161 e. The molecule has 19 heavy (non-hydrogen) atoms. The van der Waals surface area contributed by atoms with E-state index in [9.17, 15) is 0 Å². The molecule has 104 valence electrons. The van der Waals surface area contributed by atoms with E-state index in [1.165, 1.54) is 12.0 Å². The van der Waals surface area contributed by atoms with Crippen LogP contribution < -0.4 is 14.8 Å². The first-order valence-electron chi connectivity index (χ1n) is 7.36.